The minimum absolute atomic E-state index is 0.0371. The molecule has 0 aliphatic heterocycles. The molecule has 0 aliphatic rings. The Labute approximate surface area is 193 Å². The maximum absolute atomic E-state index is 11.8. The van der Waals surface area contributed by atoms with E-state index in [9.17, 15) is 4.79 Å². The fraction of sp³-hybridized carbons (Fsp3) is 0.231. The van der Waals surface area contributed by atoms with Gasteiger partial charge in [0.25, 0.3) is 0 Å². The van der Waals surface area contributed by atoms with Crippen LogP contribution < -0.4 is 14.8 Å². The number of anilines is 1. The molecule has 166 valence electrons. The minimum atomic E-state index is 0.0371. The summed E-state index contributed by atoms with van der Waals surface area (Å²) in [5.41, 5.74) is 5.33. The van der Waals surface area contributed by atoms with Gasteiger partial charge in [-0.2, -0.15) is 0 Å². The Morgan fingerprint density at radius 1 is 0.938 bits per heavy atom. The number of hydrogen-bond donors (Lipinski definition) is 1. The molecule has 0 atom stereocenters. The number of aromatic nitrogens is 1. The van der Waals surface area contributed by atoms with E-state index < -0.39 is 0 Å². The summed E-state index contributed by atoms with van der Waals surface area (Å²) in [5.74, 6) is 1.37. The molecule has 0 amide bonds. The predicted octanol–water partition coefficient (Wildman–Crippen LogP) is 6.53. The lowest BCUT2D eigenvalue weighted by Gasteiger charge is -2.09. The van der Waals surface area contributed by atoms with Crippen LogP contribution in [0.4, 0.5) is 5.69 Å². The molecule has 0 aliphatic carbocycles. The van der Waals surface area contributed by atoms with E-state index in [4.69, 9.17) is 14.5 Å². The highest BCUT2D eigenvalue weighted by atomic mass is 32.1. The molecule has 4 aromatic rings. The number of fused-ring (bicyclic) bond motifs is 1. The Balaban J connectivity index is 0.000000305. The largest absolute Gasteiger partial charge is 0.493 e. The molecular weight excluding hydrogens is 420 g/mol. The Hall–Kier alpha value is -3.38. The number of pyridine rings is 1. The van der Waals surface area contributed by atoms with Crippen molar-refractivity contribution in [2.45, 2.75) is 20.8 Å². The van der Waals surface area contributed by atoms with Crippen molar-refractivity contribution < 1.29 is 14.3 Å². The number of nitrogens with one attached hydrogen (secondary N) is 1. The number of hydrogen-bond acceptors (Lipinski definition) is 6. The third-order valence-corrected chi connectivity index (χ3v) is 6.43. The van der Waals surface area contributed by atoms with Crippen molar-refractivity contribution in [1.82, 2.24) is 4.98 Å². The molecule has 0 saturated carbocycles. The Kier molecular flexibility index (Phi) is 7.49. The highest BCUT2D eigenvalue weighted by Gasteiger charge is 2.16. The van der Waals surface area contributed by atoms with Gasteiger partial charge in [-0.3, -0.25) is 4.79 Å². The number of thiophene rings is 1. The van der Waals surface area contributed by atoms with Crippen LogP contribution in [-0.4, -0.2) is 32.0 Å². The molecule has 32 heavy (non-hydrogen) atoms. The molecular formula is C26H28N2O3S. The van der Waals surface area contributed by atoms with Gasteiger partial charge in [0.2, 0.25) is 0 Å². The SMILES string of the molecule is CNc1c(C(C)=O)sc2nc(-c3ccc(OC)c(OC)c3)ccc12.Cc1ccccc1C. The van der Waals surface area contributed by atoms with Gasteiger partial charge in [-0.25, -0.2) is 4.98 Å². The first-order valence-corrected chi connectivity index (χ1v) is 11.1. The van der Waals surface area contributed by atoms with E-state index in [0.29, 0.717) is 16.4 Å². The number of carbonyl (C=O) groups excluding carboxylic acids is 1. The van der Waals surface area contributed by atoms with Crippen LogP contribution in [0.25, 0.3) is 21.5 Å². The molecule has 4 rings (SSSR count). The molecule has 6 heteroatoms. The summed E-state index contributed by atoms with van der Waals surface area (Å²) < 4.78 is 10.6. The lowest BCUT2D eigenvalue weighted by atomic mass is 10.1. The van der Waals surface area contributed by atoms with E-state index in [1.54, 1.807) is 21.1 Å². The van der Waals surface area contributed by atoms with Gasteiger partial charge in [0.15, 0.2) is 17.3 Å². The summed E-state index contributed by atoms with van der Waals surface area (Å²) in [6.07, 6.45) is 0. The molecule has 2 heterocycles. The summed E-state index contributed by atoms with van der Waals surface area (Å²) in [5, 5.41) is 4.06. The van der Waals surface area contributed by atoms with E-state index in [0.717, 1.165) is 27.2 Å². The predicted molar refractivity (Wildman–Crippen MR) is 134 cm³/mol. The molecule has 0 saturated heterocycles. The molecule has 0 fully saturated rings. The molecule has 0 bridgehead atoms. The zero-order valence-corrected chi connectivity index (χ0v) is 20.1. The van der Waals surface area contributed by atoms with Crippen LogP contribution in [0.15, 0.2) is 54.6 Å². The zero-order valence-electron chi connectivity index (χ0n) is 19.3. The second-order valence-electron chi connectivity index (χ2n) is 7.32. The number of methoxy groups -OCH3 is 2. The number of Topliss-reactive ketones (excluding diaryl/α,β-unsaturated/α-hetero) is 1. The first-order chi connectivity index (χ1) is 15.4. The number of nitrogens with zero attached hydrogens (tertiary/aromatic N) is 1. The zero-order chi connectivity index (χ0) is 23.3. The average Bonchev–Trinajstić information content (AvgIpc) is 3.19. The van der Waals surface area contributed by atoms with Crippen LogP contribution >= 0.6 is 11.3 Å². The van der Waals surface area contributed by atoms with Crippen molar-refractivity contribution in [1.29, 1.82) is 0 Å². The molecule has 0 spiro atoms. The monoisotopic (exact) mass is 448 g/mol. The average molecular weight is 449 g/mol. The van der Waals surface area contributed by atoms with Crippen LogP contribution in [0.1, 0.15) is 27.7 Å². The fourth-order valence-corrected chi connectivity index (χ4v) is 4.37. The molecule has 2 aromatic carbocycles. The topological polar surface area (TPSA) is 60.5 Å². The number of aryl methyl sites for hydroxylation is 2. The van der Waals surface area contributed by atoms with E-state index in [2.05, 4.69) is 43.4 Å². The smallest absolute Gasteiger partial charge is 0.171 e. The highest BCUT2D eigenvalue weighted by molar-refractivity contribution is 7.21. The summed E-state index contributed by atoms with van der Waals surface area (Å²) in [6, 6.07) is 18.0. The number of ketones is 1. The van der Waals surface area contributed by atoms with Crippen molar-refractivity contribution in [2.24, 2.45) is 0 Å². The van der Waals surface area contributed by atoms with Gasteiger partial charge >= 0.3 is 0 Å². The highest BCUT2D eigenvalue weighted by Crippen LogP contribution is 2.37. The second kappa shape index (κ2) is 10.3. The van der Waals surface area contributed by atoms with Crippen molar-refractivity contribution in [3.05, 3.63) is 70.6 Å². The number of rotatable bonds is 5. The summed E-state index contributed by atoms with van der Waals surface area (Å²) in [6.45, 7) is 5.81. The lowest BCUT2D eigenvalue weighted by Crippen LogP contribution is -1.95. The maximum Gasteiger partial charge on any atom is 0.171 e. The number of benzene rings is 2. The minimum Gasteiger partial charge on any atom is -0.493 e. The van der Waals surface area contributed by atoms with Gasteiger partial charge in [-0.15, -0.1) is 11.3 Å². The van der Waals surface area contributed by atoms with Crippen LogP contribution in [0.3, 0.4) is 0 Å². The standard InChI is InChI=1S/C18H18N2O3S.C8H10/c1-10(21)17-16(19-2)12-6-7-13(20-18(12)24-17)11-5-8-14(22-3)15(9-11)23-4;1-7-5-3-4-6-8(7)2/h5-9,19H,1-4H3;3-6H,1-2H3. The van der Waals surface area contributed by atoms with E-state index >= 15 is 0 Å². The Morgan fingerprint density at radius 3 is 2.12 bits per heavy atom. The number of ether oxygens (including phenoxy) is 2. The molecule has 1 N–H and O–H groups in total. The summed E-state index contributed by atoms with van der Waals surface area (Å²) in [4.78, 5) is 18.1. The molecule has 2 aromatic heterocycles. The first kappa shape index (κ1) is 23.3. The quantitative estimate of drug-likeness (QED) is 0.352. The normalized spacial score (nSPS) is 10.3. The van der Waals surface area contributed by atoms with Crippen LogP contribution in [0.2, 0.25) is 0 Å². The number of carbonyl (C=O) groups is 1. The van der Waals surface area contributed by atoms with Gasteiger partial charge in [0.1, 0.15) is 4.83 Å². The second-order valence-corrected chi connectivity index (χ2v) is 8.31. The summed E-state index contributed by atoms with van der Waals surface area (Å²) >= 11 is 1.40. The van der Waals surface area contributed by atoms with Gasteiger partial charge in [0, 0.05) is 24.9 Å². The van der Waals surface area contributed by atoms with Gasteiger partial charge in [-0.05, 0) is 55.3 Å². The van der Waals surface area contributed by atoms with Crippen molar-refractivity contribution in [3.63, 3.8) is 0 Å². The van der Waals surface area contributed by atoms with E-state index in [-0.39, 0.29) is 5.78 Å². The lowest BCUT2D eigenvalue weighted by molar-refractivity contribution is 0.102. The van der Waals surface area contributed by atoms with Gasteiger partial charge < -0.3 is 14.8 Å². The third-order valence-electron chi connectivity index (χ3n) is 5.23. The van der Waals surface area contributed by atoms with Crippen molar-refractivity contribution in [2.75, 3.05) is 26.6 Å². The molecule has 0 radical (unpaired) electrons. The van der Waals surface area contributed by atoms with Crippen LogP contribution in [0.5, 0.6) is 11.5 Å². The Morgan fingerprint density at radius 2 is 1.59 bits per heavy atom. The fourth-order valence-electron chi connectivity index (χ4n) is 3.29. The molecule has 5 nitrogen and oxygen atoms in total. The van der Waals surface area contributed by atoms with Gasteiger partial charge in [-0.1, -0.05) is 24.3 Å². The van der Waals surface area contributed by atoms with Gasteiger partial charge in [0.05, 0.1) is 30.5 Å². The van der Waals surface area contributed by atoms with Crippen LogP contribution in [0, 0.1) is 13.8 Å². The van der Waals surface area contributed by atoms with Crippen LogP contribution in [-0.2, 0) is 0 Å². The van der Waals surface area contributed by atoms with E-state index in [1.165, 1.54) is 22.5 Å². The van der Waals surface area contributed by atoms with Crippen molar-refractivity contribution >= 4 is 33.0 Å². The maximum atomic E-state index is 11.8. The Bertz CT molecular complexity index is 1230. The third kappa shape index (κ3) is 4.92. The summed E-state index contributed by atoms with van der Waals surface area (Å²) in [7, 11) is 5.03. The first-order valence-electron chi connectivity index (χ1n) is 10.3. The van der Waals surface area contributed by atoms with Crippen molar-refractivity contribution in [3.8, 4) is 22.8 Å². The molecule has 0 unspecified atom stereocenters. The van der Waals surface area contributed by atoms with E-state index in [1.807, 2.05) is 37.4 Å².